The molecule has 0 rings (SSSR count). The minimum Gasteiger partial charge on any atom is -0.416 e. The maximum absolute atomic E-state index is 8.45. The molecule has 4 heteroatoms. The third-order valence-electron chi connectivity index (χ3n) is 0.486. The lowest BCUT2D eigenvalue weighted by atomic mass is 10.4. The van der Waals surface area contributed by atoms with Crippen LogP contribution in [0, 0.1) is 0 Å². The van der Waals surface area contributed by atoms with Crippen molar-refractivity contribution >= 4 is 10.5 Å². The summed E-state index contributed by atoms with van der Waals surface area (Å²) in [6.45, 7) is -0.141. The molecular formula is C3H7O3Si. The van der Waals surface area contributed by atoms with Crippen LogP contribution in [0.1, 0.15) is 0 Å². The molecule has 0 fully saturated rings. The predicted octanol–water partition coefficient (Wildman–Crippen LogP) is -1.56. The van der Waals surface area contributed by atoms with Gasteiger partial charge in [0.25, 0.3) is 0 Å². The Morgan fingerprint density at radius 3 is 2.43 bits per heavy atom. The first-order chi connectivity index (χ1) is 3.31. The molecule has 1 atom stereocenters. The Bertz CT molecular complexity index is 41.2. The summed E-state index contributed by atoms with van der Waals surface area (Å²) < 4.78 is 4.29. The van der Waals surface area contributed by atoms with Gasteiger partial charge in [0.1, 0.15) is 0 Å². The molecule has 3 nitrogen and oxygen atoms in total. The number of hydrogen-bond donors (Lipinski definition) is 2. The minimum absolute atomic E-state index is 0.118. The summed E-state index contributed by atoms with van der Waals surface area (Å²) in [5.41, 5.74) is 0. The van der Waals surface area contributed by atoms with Gasteiger partial charge >= 0.3 is 0 Å². The summed E-state index contributed by atoms with van der Waals surface area (Å²) in [6, 6.07) is 0. The molecule has 0 aliphatic rings. The van der Waals surface area contributed by atoms with Gasteiger partial charge in [0, 0.05) is 0 Å². The smallest absolute Gasteiger partial charge is 0.246 e. The van der Waals surface area contributed by atoms with Crippen molar-refractivity contribution in [3.63, 3.8) is 0 Å². The minimum atomic E-state index is -0.766. The first-order valence-corrected chi connectivity index (χ1v) is 2.29. The Kier molecular flexibility index (Phi) is 4.32. The highest BCUT2D eigenvalue weighted by molar-refractivity contribution is 5.97. The highest BCUT2D eigenvalue weighted by Gasteiger charge is 1.96. The third kappa shape index (κ3) is 3.94. The van der Waals surface area contributed by atoms with Gasteiger partial charge in [-0.1, -0.05) is 0 Å². The molecule has 41 valence electrons. The zero-order chi connectivity index (χ0) is 5.70. The Morgan fingerprint density at radius 2 is 2.29 bits per heavy atom. The fourth-order valence-electron chi connectivity index (χ4n) is 0.149. The second kappa shape index (κ2) is 4.26. The van der Waals surface area contributed by atoms with E-state index in [4.69, 9.17) is 10.2 Å². The maximum Gasteiger partial charge on any atom is 0.246 e. The van der Waals surface area contributed by atoms with E-state index in [-0.39, 0.29) is 13.2 Å². The van der Waals surface area contributed by atoms with Crippen molar-refractivity contribution in [2.75, 3.05) is 13.2 Å². The van der Waals surface area contributed by atoms with Crippen LogP contribution < -0.4 is 0 Å². The molecule has 2 N–H and O–H groups in total. The molecule has 0 aromatic rings. The van der Waals surface area contributed by atoms with Crippen LogP contribution in [0.5, 0.6) is 0 Å². The molecule has 0 amide bonds. The molecule has 0 saturated carbocycles. The topological polar surface area (TPSA) is 49.7 Å². The number of aliphatic hydroxyl groups is 2. The normalized spacial score (nSPS) is 14.1. The van der Waals surface area contributed by atoms with E-state index >= 15 is 0 Å². The monoisotopic (exact) mass is 119 g/mol. The van der Waals surface area contributed by atoms with E-state index in [0.29, 0.717) is 0 Å². The first kappa shape index (κ1) is 7.10. The van der Waals surface area contributed by atoms with Crippen LogP contribution in [0.3, 0.4) is 0 Å². The van der Waals surface area contributed by atoms with Crippen LogP contribution in [0.2, 0.25) is 0 Å². The van der Waals surface area contributed by atoms with E-state index in [1.165, 1.54) is 0 Å². The van der Waals surface area contributed by atoms with Gasteiger partial charge in [-0.05, 0) is 0 Å². The van der Waals surface area contributed by atoms with Crippen LogP contribution in [0.25, 0.3) is 0 Å². The van der Waals surface area contributed by atoms with E-state index < -0.39 is 6.10 Å². The van der Waals surface area contributed by atoms with Gasteiger partial charge in [-0.3, -0.25) is 0 Å². The SMILES string of the molecule is OCC(O)CO[Si]. The fourth-order valence-corrected chi connectivity index (χ4v) is 0.341. The van der Waals surface area contributed by atoms with Crippen molar-refractivity contribution in [1.29, 1.82) is 0 Å². The molecule has 0 heterocycles. The number of hydrogen-bond acceptors (Lipinski definition) is 3. The molecule has 0 aromatic heterocycles. The van der Waals surface area contributed by atoms with Crippen molar-refractivity contribution in [2.45, 2.75) is 6.10 Å². The molecule has 0 saturated heterocycles. The molecule has 3 radical (unpaired) electrons. The Labute approximate surface area is 45.5 Å². The van der Waals surface area contributed by atoms with Gasteiger partial charge in [0.05, 0.1) is 19.3 Å². The summed E-state index contributed by atoms with van der Waals surface area (Å²) in [5.74, 6) is 0. The summed E-state index contributed by atoms with van der Waals surface area (Å²) in [4.78, 5) is 0. The molecule has 1 unspecified atom stereocenters. The molecule has 0 spiro atoms. The lowest BCUT2D eigenvalue weighted by Crippen LogP contribution is -2.18. The summed E-state index contributed by atoms with van der Waals surface area (Å²) >= 11 is 0. The van der Waals surface area contributed by atoms with Gasteiger partial charge in [0.15, 0.2) is 0 Å². The Hall–Kier alpha value is 0.0969. The van der Waals surface area contributed by atoms with Crippen LogP contribution >= 0.6 is 0 Å². The van der Waals surface area contributed by atoms with Gasteiger partial charge in [0.2, 0.25) is 10.5 Å². The molecular weight excluding hydrogens is 112 g/mol. The summed E-state index contributed by atoms with van der Waals surface area (Å²) in [6.07, 6.45) is -0.766. The molecule has 0 aliphatic heterocycles. The van der Waals surface area contributed by atoms with Crippen LogP contribution in [0.4, 0.5) is 0 Å². The van der Waals surface area contributed by atoms with Gasteiger partial charge in [-0.2, -0.15) is 0 Å². The lowest BCUT2D eigenvalue weighted by Gasteiger charge is -2.02. The highest BCUT2D eigenvalue weighted by Crippen LogP contribution is 1.77. The maximum atomic E-state index is 8.45. The van der Waals surface area contributed by atoms with E-state index in [1.807, 2.05) is 0 Å². The van der Waals surface area contributed by atoms with Crippen molar-refractivity contribution in [2.24, 2.45) is 0 Å². The predicted molar refractivity (Wildman–Crippen MR) is 24.8 cm³/mol. The Morgan fingerprint density at radius 1 is 1.71 bits per heavy atom. The highest BCUT2D eigenvalue weighted by atomic mass is 28.2. The van der Waals surface area contributed by atoms with Gasteiger partial charge < -0.3 is 14.6 Å². The fraction of sp³-hybridized carbons (Fsp3) is 1.00. The molecule has 0 bridgehead atoms. The largest absolute Gasteiger partial charge is 0.416 e. The quantitative estimate of drug-likeness (QED) is 0.442. The molecule has 0 aliphatic carbocycles. The van der Waals surface area contributed by atoms with E-state index in [1.54, 1.807) is 0 Å². The van der Waals surface area contributed by atoms with E-state index in [9.17, 15) is 0 Å². The summed E-state index contributed by atoms with van der Waals surface area (Å²) in [7, 11) is 2.66. The second-order valence-corrected chi connectivity index (χ2v) is 1.44. The second-order valence-electron chi connectivity index (χ2n) is 1.15. The van der Waals surface area contributed by atoms with Crippen molar-refractivity contribution in [3.8, 4) is 0 Å². The zero-order valence-electron chi connectivity index (χ0n) is 3.79. The van der Waals surface area contributed by atoms with Gasteiger partial charge in [-0.15, -0.1) is 0 Å². The zero-order valence-corrected chi connectivity index (χ0v) is 4.79. The lowest BCUT2D eigenvalue weighted by molar-refractivity contribution is 0.0565. The van der Waals surface area contributed by atoms with Crippen LogP contribution in [0.15, 0.2) is 0 Å². The molecule has 7 heavy (non-hydrogen) atoms. The van der Waals surface area contributed by atoms with Crippen molar-refractivity contribution in [3.05, 3.63) is 0 Å². The average Bonchev–Trinajstić information content (AvgIpc) is 1.68. The van der Waals surface area contributed by atoms with Crippen molar-refractivity contribution < 1.29 is 14.6 Å². The Balaban J connectivity index is 2.83. The van der Waals surface area contributed by atoms with E-state index in [2.05, 4.69) is 14.9 Å². The van der Waals surface area contributed by atoms with Crippen LogP contribution in [-0.4, -0.2) is 40.0 Å². The standard InChI is InChI=1S/C3H7O3Si/c4-1-3(5)2-6-7/h3-5H,1-2H2. The average molecular weight is 119 g/mol. The van der Waals surface area contributed by atoms with E-state index in [0.717, 1.165) is 0 Å². The first-order valence-electron chi connectivity index (χ1n) is 1.88. The molecule has 0 aromatic carbocycles. The summed E-state index contributed by atoms with van der Waals surface area (Å²) in [5, 5.41) is 16.6. The van der Waals surface area contributed by atoms with Crippen molar-refractivity contribution in [1.82, 2.24) is 0 Å². The number of aliphatic hydroxyl groups excluding tert-OH is 2. The number of rotatable bonds is 3. The third-order valence-corrected chi connectivity index (χ3v) is 0.653. The van der Waals surface area contributed by atoms with Crippen LogP contribution in [-0.2, 0) is 4.43 Å². The van der Waals surface area contributed by atoms with Gasteiger partial charge in [-0.25, -0.2) is 0 Å².